The lowest BCUT2D eigenvalue weighted by Gasteiger charge is -2.18. The fourth-order valence-corrected chi connectivity index (χ4v) is 3.65. The molecule has 0 fully saturated rings. The van der Waals surface area contributed by atoms with Gasteiger partial charge in [0, 0.05) is 24.4 Å². The van der Waals surface area contributed by atoms with Crippen molar-refractivity contribution >= 4 is 23.4 Å². The Kier molecular flexibility index (Phi) is 7.54. The molecule has 2 rings (SSSR count). The molecule has 2 aromatic rings. The van der Waals surface area contributed by atoms with Crippen LogP contribution in [0.1, 0.15) is 23.1 Å². The summed E-state index contributed by atoms with van der Waals surface area (Å²) in [7, 11) is 3.74. The van der Waals surface area contributed by atoms with Gasteiger partial charge in [0.05, 0.1) is 12.8 Å². The first-order chi connectivity index (χ1) is 12.4. The molecule has 4 nitrogen and oxygen atoms in total. The second kappa shape index (κ2) is 9.64. The second-order valence-corrected chi connectivity index (χ2v) is 7.35. The lowest BCUT2D eigenvalue weighted by molar-refractivity contribution is -0.116. The minimum atomic E-state index is 0.0421. The maximum absolute atomic E-state index is 12.3. The zero-order valence-electron chi connectivity index (χ0n) is 16.3. The fraction of sp³-hybridized carbons (Fsp3) is 0.381. The first-order valence-corrected chi connectivity index (χ1v) is 9.92. The lowest BCUT2D eigenvalue weighted by Crippen LogP contribution is -2.24. The van der Waals surface area contributed by atoms with Gasteiger partial charge < -0.3 is 15.0 Å². The van der Waals surface area contributed by atoms with Crippen molar-refractivity contribution in [2.24, 2.45) is 0 Å². The van der Waals surface area contributed by atoms with Crippen molar-refractivity contribution in [3.05, 3.63) is 53.1 Å². The van der Waals surface area contributed by atoms with Crippen LogP contribution < -0.4 is 10.1 Å². The summed E-state index contributed by atoms with van der Waals surface area (Å²) in [5, 5.41) is 3.01. The largest absolute Gasteiger partial charge is 0.496 e. The molecule has 0 aliphatic heterocycles. The first kappa shape index (κ1) is 20.3. The SMILES string of the molecule is COc1c(C)cc(CN(C)CCC(=O)Nc2ccccc2SC)cc1C. The lowest BCUT2D eigenvalue weighted by atomic mass is 10.1. The Morgan fingerprint density at radius 3 is 2.46 bits per heavy atom. The van der Waals surface area contributed by atoms with Crippen LogP contribution in [0.3, 0.4) is 0 Å². The molecular formula is C21H28N2O2S. The second-order valence-electron chi connectivity index (χ2n) is 6.50. The van der Waals surface area contributed by atoms with Crippen molar-refractivity contribution in [3.8, 4) is 5.75 Å². The van der Waals surface area contributed by atoms with E-state index in [9.17, 15) is 4.79 Å². The molecule has 0 saturated heterocycles. The van der Waals surface area contributed by atoms with E-state index < -0.39 is 0 Å². The van der Waals surface area contributed by atoms with Crippen molar-refractivity contribution in [3.63, 3.8) is 0 Å². The molecule has 1 N–H and O–H groups in total. The third-order valence-electron chi connectivity index (χ3n) is 4.28. The van der Waals surface area contributed by atoms with Gasteiger partial charge in [0.1, 0.15) is 5.75 Å². The van der Waals surface area contributed by atoms with Crippen molar-refractivity contribution in [1.29, 1.82) is 0 Å². The Bertz CT molecular complexity index is 738. The van der Waals surface area contributed by atoms with Gasteiger partial charge in [-0.1, -0.05) is 24.3 Å². The number of methoxy groups -OCH3 is 1. The summed E-state index contributed by atoms with van der Waals surface area (Å²) in [6, 6.07) is 12.2. The highest BCUT2D eigenvalue weighted by Gasteiger charge is 2.10. The Balaban J connectivity index is 1.88. The summed E-state index contributed by atoms with van der Waals surface area (Å²) in [5.41, 5.74) is 4.40. The van der Waals surface area contributed by atoms with Crippen LogP contribution in [0.15, 0.2) is 41.3 Å². The van der Waals surface area contributed by atoms with Crippen LogP contribution in [0.2, 0.25) is 0 Å². The Morgan fingerprint density at radius 1 is 1.19 bits per heavy atom. The molecule has 2 aromatic carbocycles. The van der Waals surface area contributed by atoms with Crippen LogP contribution in [0.4, 0.5) is 5.69 Å². The monoisotopic (exact) mass is 372 g/mol. The number of thioether (sulfide) groups is 1. The molecule has 26 heavy (non-hydrogen) atoms. The molecule has 5 heteroatoms. The molecule has 0 aliphatic carbocycles. The van der Waals surface area contributed by atoms with E-state index >= 15 is 0 Å². The number of hydrogen-bond donors (Lipinski definition) is 1. The number of carbonyl (C=O) groups is 1. The number of carbonyl (C=O) groups excluding carboxylic acids is 1. The van der Waals surface area contributed by atoms with Gasteiger partial charge in [-0.3, -0.25) is 4.79 Å². The standard InChI is InChI=1S/C21H28N2O2S/c1-15-12-17(13-16(2)21(15)25-4)14-23(3)11-10-20(24)22-18-8-6-7-9-19(18)26-5/h6-9,12-13H,10-11,14H2,1-5H3,(H,22,24). The highest BCUT2D eigenvalue weighted by molar-refractivity contribution is 7.98. The Morgan fingerprint density at radius 2 is 1.85 bits per heavy atom. The summed E-state index contributed by atoms with van der Waals surface area (Å²) in [6.45, 7) is 5.63. The third-order valence-corrected chi connectivity index (χ3v) is 5.07. The number of hydrogen-bond acceptors (Lipinski definition) is 4. The van der Waals surface area contributed by atoms with Gasteiger partial charge in [0.25, 0.3) is 0 Å². The normalized spacial score (nSPS) is 10.8. The number of aryl methyl sites for hydroxylation is 2. The van der Waals surface area contributed by atoms with E-state index in [0.717, 1.165) is 34.0 Å². The molecule has 0 aromatic heterocycles. The number of ether oxygens (including phenoxy) is 1. The van der Waals surface area contributed by atoms with Gasteiger partial charge in [0.2, 0.25) is 5.91 Å². The van der Waals surface area contributed by atoms with Crippen LogP contribution >= 0.6 is 11.8 Å². The van der Waals surface area contributed by atoms with E-state index in [1.165, 1.54) is 5.56 Å². The predicted octanol–water partition coefficient (Wildman–Crippen LogP) is 4.49. The van der Waals surface area contributed by atoms with E-state index in [1.54, 1.807) is 18.9 Å². The smallest absolute Gasteiger partial charge is 0.225 e. The molecule has 0 atom stereocenters. The van der Waals surface area contributed by atoms with Crippen LogP contribution in [-0.4, -0.2) is 37.8 Å². The Labute approximate surface area is 160 Å². The minimum Gasteiger partial charge on any atom is -0.496 e. The molecular weight excluding hydrogens is 344 g/mol. The maximum atomic E-state index is 12.3. The molecule has 0 bridgehead atoms. The summed E-state index contributed by atoms with van der Waals surface area (Å²) in [5.74, 6) is 0.990. The van der Waals surface area contributed by atoms with Crippen molar-refractivity contribution in [1.82, 2.24) is 4.90 Å². The summed E-state index contributed by atoms with van der Waals surface area (Å²) in [4.78, 5) is 15.5. The van der Waals surface area contributed by atoms with Crippen molar-refractivity contribution in [2.45, 2.75) is 31.7 Å². The molecule has 0 radical (unpaired) electrons. The number of nitrogens with one attached hydrogen (secondary N) is 1. The topological polar surface area (TPSA) is 41.6 Å². The third kappa shape index (κ3) is 5.51. The molecule has 1 amide bonds. The van der Waals surface area contributed by atoms with Crippen molar-refractivity contribution < 1.29 is 9.53 Å². The van der Waals surface area contributed by atoms with Gasteiger partial charge in [0.15, 0.2) is 0 Å². The van der Waals surface area contributed by atoms with Gasteiger partial charge in [-0.05, 0) is 56.0 Å². The van der Waals surface area contributed by atoms with Crippen molar-refractivity contribution in [2.75, 3.05) is 32.3 Å². The van der Waals surface area contributed by atoms with Gasteiger partial charge in [-0.25, -0.2) is 0 Å². The quantitative estimate of drug-likeness (QED) is 0.693. The average molecular weight is 373 g/mol. The van der Waals surface area contributed by atoms with Crippen LogP contribution in [-0.2, 0) is 11.3 Å². The average Bonchev–Trinajstić information content (AvgIpc) is 2.60. The van der Waals surface area contributed by atoms with Crippen LogP contribution in [0.5, 0.6) is 5.75 Å². The van der Waals surface area contributed by atoms with E-state index in [0.29, 0.717) is 13.0 Å². The zero-order chi connectivity index (χ0) is 19.1. The number of para-hydroxylation sites is 1. The molecule has 0 heterocycles. The molecule has 0 aliphatic rings. The summed E-state index contributed by atoms with van der Waals surface area (Å²) in [6.07, 6.45) is 2.48. The van der Waals surface area contributed by atoms with Crippen LogP contribution in [0, 0.1) is 13.8 Å². The molecule has 0 saturated carbocycles. The Hall–Kier alpha value is -1.98. The number of nitrogens with zero attached hydrogens (tertiary/aromatic N) is 1. The number of anilines is 1. The van der Waals surface area contributed by atoms with E-state index in [1.807, 2.05) is 37.6 Å². The van der Waals surface area contributed by atoms with Gasteiger partial charge in [-0.15, -0.1) is 11.8 Å². The van der Waals surface area contributed by atoms with E-state index in [-0.39, 0.29) is 5.91 Å². The highest BCUT2D eigenvalue weighted by Crippen LogP contribution is 2.25. The minimum absolute atomic E-state index is 0.0421. The molecule has 0 spiro atoms. The number of rotatable bonds is 8. The van der Waals surface area contributed by atoms with E-state index in [2.05, 4.69) is 36.2 Å². The zero-order valence-corrected chi connectivity index (χ0v) is 17.1. The summed E-state index contributed by atoms with van der Waals surface area (Å²) >= 11 is 1.63. The van der Waals surface area contributed by atoms with Crippen LogP contribution in [0.25, 0.3) is 0 Å². The first-order valence-electron chi connectivity index (χ1n) is 8.70. The predicted molar refractivity (Wildman–Crippen MR) is 110 cm³/mol. The maximum Gasteiger partial charge on any atom is 0.225 e. The highest BCUT2D eigenvalue weighted by atomic mass is 32.2. The molecule has 0 unspecified atom stereocenters. The van der Waals surface area contributed by atoms with E-state index in [4.69, 9.17) is 4.74 Å². The number of benzene rings is 2. The molecule has 140 valence electrons. The summed E-state index contributed by atoms with van der Waals surface area (Å²) < 4.78 is 5.42. The van der Waals surface area contributed by atoms with Gasteiger partial charge >= 0.3 is 0 Å². The number of amides is 1. The fourth-order valence-electron chi connectivity index (χ4n) is 3.10. The van der Waals surface area contributed by atoms with Gasteiger partial charge in [-0.2, -0.15) is 0 Å².